The number of rotatable bonds is 3. The summed E-state index contributed by atoms with van der Waals surface area (Å²) in [4.78, 5) is 28.4. The Hall–Kier alpha value is -1.88. The van der Waals surface area contributed by atoms with Crippen LogP contribution in [0.25, 0.3) is 0 Å². The van der Waals surface area contributed by atoms with Crippen LogP contribution in [-0.2, 0) is 9.59 Å². The molecule has 3 rings (SSSR count). The molecule has 0 saturated carbocycles. The molecular weight excluding hydrogens is 290 g/mol. The molecule has 2 fully saturated rings. The van der Waals surface area contributed by atoms with Crippen LogP contribution in [0.15, 0.2) is 18.2 Å². The average molecular weight is 315 g/mol. The van der Waals surface area contributed by atoms with Crippen LogP contribution in [0.2, 0.25) is 0 Å². The SMILES string of the molecule is Cc1cc(NC(=O)C2CCN(C)CC2)ccc1N1CCCC1=O. The summed E-state index contributed by atoms with van der Waals surface area (Å²) in [6.07, 6.45) is 3.39. The predicted molar refractivity (Wildman–Crippen MR) is 91.6 cm³/mol. The van der Waals surface area contributed by atoms with Crippen molar-refractivity contribution in [1.82, 2.24) is 4.90 Å². The van der Waals surface area contributed by atoms with Gasteiger partial charge in [0.05, 0.1) is 0 Å². The first-order chi connectivity index (χ1) is 11.0. The highest BCUT2D eigenvalue weighted by Gasteiger charge is 2.25. The summed E-state index contributed by atoms with van der Waals surface area (Å²) in [6, 6.07) is 5.82. The van der Waals surface area contributed by atoms with Gasteiger partial charge in [-0.1, -0.05) is 0 Å². The molecule has 2 heterocycles. The van der Waals surface area contributed by atoms with Gasteiger partial charge in [0.2, 0.25) is 11.8 Å². The van der Waals surface area contributed by atoms with Crippen molar-refractivity contribution in [2.24, 2.45) is 5.92 Å². The summed E-state index contributed by atoms with van der Waals surface area (Å²) in [6.45, 7) is 4.74. The lowest BCUT2D eigenvalue weighted by atomic mass is 9.96. The standard InChI is InChI=1S/C18H25N3O2/c1-13-12-15(5-6-16(13)21-9-3-4-17(21)22)19-18(23)14-7-10-20(2)11-8-14/h5-6,12,14H,3-4,7-11H2,1-2H3,(H,19,23). The van der Waals surface area contributed by atoms with Crippen LogP contribution in [-0.4, -0.2) is 43.4 Å². The molecule has 2 saturated heterocycles. The molecule has 0 aliphatic carbocycles. The highest BCUT2D eigenvalue weighted by molar-refractivity contribution is 5.97. The second kappa shape index (κ2) is 6.71. The lowest BCUT2D eigenvalue weighted by Gasteiger charge is -2.28. The molecule has 2 aliphatic rings. The number of likely N-dealkylation sites (tertiary alicyclic amines) is 1. The van der Waals surface area contributed by atoms with Gasteiger partial charge in [-0.25, -0.2) is 0 Å². The highest BCUT2D eigenvalue weighted by atomic mass is 16.2. The van der Waals surface area contributed by atoms with E-state index in [1.165, 1.54) is 0 Å². The quantitative estimate of drug-likeness (QED) is 0.932. The summed E-state index contributed by atoms with van der Waals surface area (Å²) in [5.74, 6) is 0.407. The minimum absolute atomic E-state index is 0.103. The lowest BCUT2D eigenvalue weighted by Crippen LogP contribution is -2.35. The number of aryl methyl sites for hydroxylation is 1. The van der Waals surface area contributed by atoms with Crippen molar-refractivity contribution in [2.45, 2.75) is 32.6 Å². The van der Waals surface area contributed by atoms with Crippen LogP contribution in [0.5, 0.6) is 0 Å². The summed E-state index contributed by atoms with van der Waals surface area (Å²) < 4.78 is 0. The maximum absolute atomic E-state index is 12.4. The molecule has 0 atom stereocenters. The number of amides is 2. The third-order valence-electron chi connectivity index (χ3n) is 4.92. The highest BCUT2D eigenvalue weighted by Crippen LogP contribution is 2.28. The predicted octanol–water partition coefficient (Wildman–Crippen LogP) is 2.40. The van der Waals surface area contributed by atoms with Gasteiger partial charge in [-0.3, -0.25) is 9.59 Å². The number of hydrogen-bond acceptors (Lipinski definition) is 3. The van der Waals surface area contributed by atoms with Crippen molar-refractivity contribution in [2.75, 3.05) is 36.9 Å². The van der Waals surface area contributed by atoms with Crippen LogP contribution in [0.3, 0.4) is 0 Å². The fourth-order valence-electron chi connectivity index (χ4n) is 3.45. The minimum atomic E-state index is 0.103. The zero-order valence-corrected chi connectivity index (χ0v) is 14.0. The van der Waals surface area contributed by atoms with Crippen molar-refractivity contribution in [1.29, 1.82) is 0 Å². The number of carbonyl (C=O) groups is 2. The Morgan fingerprint density at radius 1 is 1.22 bits per heavy atom. The Kier molecular flexibility index (Phi) is 4.66. The van der Waals surface area contributed by atoms with E-state index in [1.807, 2.05) is 30.0 Å². The topological polar surface area (TPSA) is 52.7 Å². The van der Waals surface area contributed by atoms with Crippen molar-refractivity contribution in [3.63, 3.8) is 0 Å². The molecule has 23 heavy (non-hydrogen) atoms. The first-order valence-corrected chi connectivity index (χ1v) is 8.45. The van der Waals surface area contributed by atoms with Gasteiger partial charge < -0.3 is 15.1 Å². The van der Waals surface area contributed by atoms with Gasteiger partial charge in [0.1, 0.15) is 0 Å². The van der Waals surface area contributed by atoms with Gasteiger partial charge in [0.15, 0.2) is 0 Å². The van der Waals surface area contributed by atoms with Crippen molar-refractivity contribution in [3.05, 3.63) is 23.8 Å². The molecule has 5 heteroatoms. The maximum atomic E-state index is 12.4. The number of nitrogens with zero attached hydrogens (tertiary/aromatic N) is 2. The Balaban J connectivity index is 1.66. The molecule has 1 aromatic rings. The van der Waals surface area contributed by atoms with Gasteiger partial charge in [-0.05, 0) is 70.1 Å². The third-order valence-corrected chi connectivity index (χ3v) is 4.92. The Morgan fingerprint density at radius 2 is 1.96 bits per heavy atom. The molecule has 124 valence electrons. The van der Waals surface area contributed by atoms with Crippen molar-refractivity contribution in [3.8, 4) is 0 Å². The van der Waals surface area contributed by atoms with E-state index in [4.69, 9.17) is 0 Å². The van der Waals surface area contributed by atoms with E-state index in [0.717, 1.165) is 55.8 Å². The van der Waals surface area contributed by atoms with Crippen LogP contribution in [0.1, 0.15) is 31.2 Å². The van der Waals surface area contributed by atoms with E-state index >= 15 is 0 Å². The zero-order valence-electron chi connectivity index (χ0n) is 14.0. The molecule has 1 aromatic carbocycles. The second-order valence-electron chi connectivity index (χ2n) is 6.72. The lowest BCUT2D eigenvalue weighted by molar-refractivity contribution is -0.121. The van der Waals surface area contributed by atoms with Crippen LogP contribution in [0.4, 0.5) is 11.4 Å². The second-order valence-corrected chi connectivity index (χ2v) is 6.72. The molecule has 1 N–H and O–H groups in total. The van der Waals surface area contributed by atoms with E-state index in [0.29, 0.717) is 6.42 Å². The van der Waals surface area contributed by atoms with E-state index < -0.39 is 0 Å². The third kappa shape index (κ3) is 3.55. The van der Waals surface area contributed by atoms with Gasteiger partial charge in [0, 0.05) is 30.3 Å². The van der Waals surface area contributed by atoms with E-state index in [1.54, 1.807) is 0 Å². The van der Waals surface area contributed by atoms with Gasteiger partial charge in [-0.2, -0.15) is 0 Å². The fraction of sp³-hybridized carbons (Fsp3) is 0.556. The number of hydrogen-bond donors (Lipinski definition) is 1. The number of piperidine rings is 1. The molecule has 0 radical (unpaired) electrons. The van der Waals surface area contributed by atoms with Gasteiger partial charge in [0.25, 0.3) is 0 Å². The van der Waals surface area contributed by atoms with Crippen molar-refractivity contribution >= 4 is 23.2 Å². The normalized spacial score (nSPS) is 20.1. The van der Waals surface area contributed by atoms with E-state index in [9.17, 15) is 9.59 Å². The van der Waals surface area contributed by atoms with Crippen LogP contribution in [0, 0.1) is 12.8 Å². The first-order valence-electron chi connectivity index (χ1n) is 8.45. The summed E-state index contributed by atoms with van der Waals surface area (Å²) in [5, 5.41) is 3.04. The Bertz CT molecular complexity index is 606. The summed E-state index contributed by atoms with van der Waals surface area (Å²) in [7, 11) is 2.09. The maximum Gasteiger partial charge on any atom is 0.227 e. The van der Waals surface area contributed by atoms with Crippen molar-refractivity contribution < 1.29 is 9.59 Å². The van der Waals surface area contributed by atoms with Crippen LogP contribution < -0.4 is 10.2 Å². The molecule has 0 spiro atoms. The molecule has 0 aromatic heterocycles. The largest absolute Gasteiger partial charge is 0.326 e. The smallest absolute Gasteiger partial charge is 0.227 e. The van der Waals surface area contributed by atoms with E-state index in [-0.39, 0.29) is 17.7 Å². The van der Waals surface area contributed by atoms with Gasteiger partial charge >= 0.3 is 0 Å². The monoisotopic (exact) mass is 315 g/mol. The molecule has 2 aliphatic heterocycles. The van der Waals surface area contributed by atoms with Crippen LogP contribution >= 0.6 is 0 Å². The summed E-state index contributed by atoms with van der Waals surface area (Å²) in [5.41, 5.74) is 2.81. The minimum Gasteiger partial charge on any atom is -0.326 e. The number of benzene rings is 1. The Labute approximate surface area is 137 Å². The zero-order chi connectivity index (χ0) is 16.4. The number of anilines is 2. The molecule has 5 nitrogen and oxygen atoms in total. The molecule has 0 bridgehead atoms. The number of carbonyl (C=O) groups excluding carboxylic acids is 2. The number of nitrogens with one attached hydrogen (secondary N) is 1. The molecule has 2 amide bonds. The first kappa shape index (κ1) is 16.0. The fourth-order valence-corrected chi connectivity index (χ4v) is 3.45. The average Bonchev–Trinajstić information content (AvgIpc) is 2.94. The molecular formula is C18H25N3O2. The molecule has 0 unspecified atom stereocenters. The van der Waals surface area contributed by atoms with E-state index in [2.05, 4.69) is 17.3 Å². The summed E-state index contributed by atoms with van der Waals surface area (Å²) >= 11 is 0. The van der Waals surface area contributed by atoms with Gasteiger partial charge in [-0.15, -0.1) is 0 Å². The Morgan fingerprint density at radius 3 is 2.57 bits per heavy atom.